The SMILES string of the molecule is Cc1ccc(S(=O)(=O)Nc2ccc3c(c2)C(=O)N([C@@H](C)CO)C[C@@H](C)[C@H](CN(C)CC2CC2)O3)cc1. The van der Waals surface area contributed by atoms with Crippen LogP contribution in [0.2, 0.25) is 0 Å². The van der Waals surface area contributed by atoms with Crippen molar-refractivity contribution in [3.05, 3.63) is 53.6 Å². The Kier molecular flexibility index (Phi) is 7.92. The maximum atomic E-state index is 13.6. The molecule has 0 bridgehead atoms. The highest BCUT2D eigenvalue weighted by Gasteiger charge is 2.34. The number of sulfonamides is 1. The van der Waals surface area contributed by atoms with Gasteiger partial charge < -0.3 is 19.6 Å². The second-order valence-corrected chi connectivity index (χ2v) is 12.1. The molecule has 0 spiro atoms. The third-order valence-electron chi connectivity index (χ3n) is 7.01. The van der Waals surface area contributed by atoms with Gasteiger partial charge in [-0.25, -0.2) is 8.42 Å². The van der Waals surface area contributed by atoms with Crippen LogP contribution in [0.4, 0.5) is 5.69 Å². The zero-order valence-corrected chi connectivity index (χ0v) is 22.3. The van der Waals surface area contributed by atoms with Crippen molar-refractivity contribution in [2.45, 2.75) is 50.7 Å². The number of fused-ring (bicyclic) bond motifs is 1. The van der Waals surface area contributed by atoms with Gasteiger partial charge >= 0.3 is 0 Å². The van der Waals surface area contributed by atoms with Crippen LogP contribution in [-0.4, -0.2) is 74.7 Å². The minimum atomic E-state index is -3.83. The number of carbonyl (C=O) groups excluding carboxylic acids is 1. The molecule has 0 radical (unpaired) electrons. The van der Waals surface area contributed by atoms with Crippen molar-refractivity contribution >= 4 is 21.6 Å². The van der Waals surface area contributed by atoms with Gasteiger partial charge in [0, 0.05) is 31.2 Å². The van der Waals surface area contributed by atoms with E-state index >= 15 is 0 Å². The molecule has 4 rings (SSSR count). The number of ether oxygens (including phenoxy) is 1. The van der Waals surface area contributed by atoms with Gasteiger partial charge in [0.25, 0.3) is 15.9 Å². The molecule has 1 heterocycles. The number of aliphatic hydroxyl groups excluding tert-OH is 1. The number of anilines is 1. The van der Waals surface area contributed by atoms with E-state index in [0.717, 1.165) is 18.0 Å². The van der Waals surface area contributed by atoms with Gasteiger partial charge in [-0.3, -0.25) is 9.52 Å². The summed E-state index contributed by atoms with van der Waals surface area (Å²) in [7, 11) is -1.73. The summed E-state index contributed by atoms with van der Waals surface area (Å²) in [6, 6.07) is 11.0. The monoisotopic (exact) mass is 515 g/mol. The lowest BCUT2D eigenvalue weighted by molar-refractivity contribution is 0.0344. The Balaban J connectivity index is 1.64. The van der Waals surface area contributed by atoms with Gasteiger partial charge in [-0.15, -0.1) is 0 Å². The Bertz CT molecular complexity index is 1180. The smallest absolute Gasteiger partial charge is 0.261 e. The van der Waals surface area contributed by atoms with Crippen LogP contribution in [0.3, 0.4) is 0 Å². The third-order valence-corrected chi connectivity index (χ3v) is 8.40. The molecule has 2 aromatic rings. The van der Waals surface area contributed by atoms with Crippen LogP contribution in [0.1, 0.15) is 42.6 Å². The van der Waals surface area contributed by atoms with Crippen LogP contribution in [0.25, 0.3) is 0 Å². The molecular weight excluding hydrogens is 478 g/mol. The second-order valence-electron chi connectivity index (χ2n) is 10.4. The average molecular weight is 516 g/mol. The van der Waals surface area contributed by atoms with E-state index in [1.54, 1.807) is 41.3 Å². The molecule has 1 aliphatic heterocycles. The second kappa shape index (κ2) is 10.8. The quantitative estimate of drug-likeness (QED) is 0.531. The summed E-state index contributed by atoms with van der Waals surface area (Å²) in [5, 5.41) is 9.85. The molecule has 2 aromatic carbocycles. The van der Waals surface area contributed by atoms with Crippen LogP contribution >= 0.6 is 0 Å². The van der Waals surface area contributed by atoms with Gasteiger partial charge in [0.1, 0.15) is 11.9 Å². The number of nitrogens with one attached hydrogen (secondary N) is 1. The van der Waals surface area contributed by atoms with Crippen molar-refractivity contribution in [3.63, 3.8) is 0 Å². The number of aliphatic hydroxyl groups is 1. The lowest BCUT2D eigenvalue weighted by Crippen LogP contribution is -2.50. The van der Waals surface area contributed by atoms with Crippen LogP contribution in [0, 0.1) is 18.8 Å². The summed E-state index contributed by atoms with van der Waals surface area (Å²) in [6.07, 6.45) is 2.38. The molecule has 3 atom stereocenters. The number of carbonyl (C=O) groups is 1. The van der Waals surface area contributed by atoms with Gasteiger partial charge in [-0.05, 0) is 70.0 Å². The molecule has 8 nitrogen and oxygen atoms in total. The predicted molar refractivity (Wildman–Crippen MR) is 140 cm³/mol. The van der Waals surface area contributed by atoms with Crippen LogP contribution < -0.4 is 9.46 Å². The van der Waals surface area contributed by atoms with Crippen molar-refractivity contribution < 1.29 is 23.1 Å². The van der Waals surface area contributed by atoms with E-state index in [2.05, 4.69) is 23.6 Å². The van der Waals surface area contributed by atoms with E-state index in [-0.39, 0.29) is 46.7 Å². The third kappa shape index (κ3) is 6.19. The van der Waals surface area contributed by atoms with E-state index < -0.39 is 10.0 Å². The lowest BCUT2D eigenvalue weighted by atomic mass is 9.99. The Morgan fingerprint density at radius 3 is 2.50 bits per heavy atom. The molecule has 1 fully saturated rings. The lowest BCUT2D eigenvalue weighted by Gasteiger charge is -2.38. The van der Waals surface area contributed by atoms with Crippen LogP contribution in [0.15, 0.2) is 47.4 Å². The number of rotatable bonds is 9. The fourth-order valence-corrected chi connectivity index (χ4v) is 5.61. The van der Waals surface area contributed by atoms with E-state index in [4.69, 9.17) is 4.74 Å². The zero-order chi connectivity index (χ0) is 26.0. The summed E-state index contributed by atoms with van der Waals surface area (Å²) in [6.45, 7) is 7.77. The minimum Gasteiger partial charge on any atom is -0.488 e. The first kappa shape index (κ1) is 26.4. The van der Waals surface area contributed by atoms with Gasteiger partial charge in [0.15, 0.2) is 0 Å². The Morgan fingerprint density at radius 1 is 1.17 bits per heavy atom. The van der Waals surface area contributed by atoms with E-state index in [9.17, 15) is 18.3 Å². The Labute approximate surface area is 214 Å². The molecule has 1 aliphatic carbocycles. The van der Waals surface area contributed by atoms with Gasteiger partial charge in [-0.1, -0.05) is 24.6 Å². The summed E-state index contributed by atoms with van der Waals surface area (Å²) < 4.78 is 34.9. The van der Waals surface area contributed by atoms with Crippen molar-refractivity contribution in [2.24, 2.45) is 11.8 Å². The summed E-state index contributed by atoms with van der Waals surface area (Å²) in [5.74, 6) is 0.921. The van der Waals surface area contributed by atoms with E-state index in [1.807, 2.05) is 13.8 Å². The normalized spacial score (nSPS) is 21.4. The standard InChI is InChI=1S/C27H37N3O5S/c1-18-5-10-23(11-6-18)36(33,34)28-22-9-12-25-24(13-22)27(32)30(20(3)17-31)14-19(2)26(35-25)16-29(4)15-21-7-8-21/h5-6,9-13,19-21,26,28,31H,7-8,14-17H2,1-4H3/t19-,20+,26+/m1/s1. The van der Waals surface area contributed by atoms with Crippen molar-refractivity contribution in [3.8, 4) is 5.75 Å². The number of hydrogen-bond acceptors (Lipinski definition) is 6. The number of nitrogens with zero attached hydrogens (tertiary/aromatic N) is 2. The molecule has 196 valence electrons. The largest absolute Gasteiger partial charge is 0.488 e. The van der Waals surface area contributed by atoms with E-state index in [1.165, 1.54) is 18.9 Å². The highest BCUT2D eigenvalue weighted by molar-refractivity contribution is 7.92. The molecular formula is C27H37N3O5S. The predicted octanol–water partition coefficient (Wildman–Crippen LogP) is 3.36. The molecule has 2 N–H and O–H groups in total. The molecule has 1 saturated carbocycles. The molecule has 9 heteroatoms. The highest BCUT2D eigenvalue weighted by Crippen LogP contribution is 2.33. The minimum absolute atomic E-state index is 0.0393. The number of benzene rings is 2. The highest BCUT2D eigenvalue weighted by atomic mass is 32.2. The molecule has 2 aliphatic rings. The zero-order valence-electron chi connectivity index (χ0n) is 21.5. The van der Waals surface area contributed by atoms with Crippen LogP contribution in [-0.2, 0) is 10.0 Å². The van der Waals surface area contributed by atoms with Gasteiger partial charge in [0.05, 0.1) is 23.1 Å². The first-order valence-corrected chi connectivity index (χ1v) is 14.1. The average Bonchev–Trinajstić information content (AvgIpc) is 3.65. The number of amides is 1. The number of hydrogen-bond donors (Lipinski definition) is 2. The molecule has 0 unspecified atom stereocenters. The molecule has 0 aromatic heterocycles. The molecule has 36 heavy (non-hydrogen) atoms. The van der Waals surface area contributed by atoms with E-state index in [0.29, 0.717) is 18.8 Å². The van der Waals surface area contributed by atoms with Crippen molar-refractivity contribution in [1.29, 1.82) is 0 Å². The fourth-order valence-electron chi connectivity index (χ4n) is 4.56. The summed E-state index contributed by atoms with van der Waals surface area (Å²) in [4.78, 5) is 17.7. The first-order valence-electron chi connectivity index (χ1n) is 12.6. The maximum absolute atomic E-state index is 13.6. The van der Waals surface area contributed by atoms with Crippen molar-refractivity contribution in [1.82, 2.24) is 9.80 Å². The summed E-state index contributed by atoms with van der Waals surface area (Å²) >= 11 is 0. The van der Waals surface area contributed by atoms with Crippen LogP contribution in [0.5, 0.6) is 5.75 Å². The molecule has 0 saturated heterocycles. The first-order chi connectivity index (χ1) is 17.1. The topological polar surface area (TPSA) is 99.2 Å². The molecule has 1 amide bonds. The fraction of sp³-hybridized carbons (Fsp3) is 0.519. The Morgan fingerprint density at radius 2 is 1.86 bits per heavy atom. The van der Waals surface area contributed by atoms with Gasteiger partial charge in [0.2, 0.25) is 0 Å². The maximum Gasteiger partial charge on any atom is 0.261 e. The van der Waals surface area contributed by atoms with Crippen molar-refractivity contribution in [2.75, 3.05) is 38.0 Å². The Hall–Kier alpha value is -2.62. The summed E-state index contributed by atoms with van der Waals surface area (Å²) in [5.41, 5.74) is 1.52. The van der Waals surface area contributed by atoms with Gasteiger partial charge in [-0.2, -0.15) is 0 Å². The number of likely N-dealkylation sites (N-methyl/N-ethyl adjacent to an activating group) is 1. The number of aryl methyl sites for hydroxylation is 1.